The Morgan fingerprint density at radius 3 is 2.56 bits per heavy atom. The number of rotatable bonds is 6. The normalized spacial score (nSPS) is 21.1. The third-order valence-corrected chi connectivity index (χ3v) is 5.46. The number of ether oxygens (including phenoxy) is 1. The molecule has 0 aliphatic carbocycles. The third kappa shape index (κ3) is 5.45. The molecule has 0 saturated carbocycles. The zero-order valence-electron chi connectivity index (χ0n) is 16.4. The van der Waals surface area contributed by atoms with Crippen molar-refractivity contribution >= 4 is 11.9 Å². The summed E-state index contributed by atoms with van der Waals surface area (Å²) in [6.45, 7) is 7.43. The molecule has 27 heavy (non-hydrogen) atoms. The summed E-state index contributed by atoms with van der Waals surface area (Å²) < 4.78 is 5.98. The van der Waals surface area contributed by atoms with Gasteiger partial charge in [-0.25, -0.2) is 4.79 Å². The van der Waals surface area contributed by atoms with Crippen LogP contribution in [0, 0.1) is 5.92 Å². The van der Waals surface area contributed by atoms with E-state index in [2.05, 4.69) is 17.4 Å². The molecular weight excluding hydrogens is 342 g/mol. The molecule has 0 aromatic heterocycles. The summed E-state index contributed by atoms with van der Waals surface area (Å²) in [6, 6.07) is 10.4. The SMILES string of the molecule is CC(C)N1C[C@H](CNC(=O)N2CCC(OCc3ccccc3)CC2)CC1=O. The molecule has 148 valence electrons. The lowest BCUT2D eigenvalue weighted by Crippen LogP contribution is -2.47. The van der Waals surface area contributed by atoms with E-state index >= 15 is 0 Å². The van der Waals surface area contributed by atoms with Crippen molar-refractivity contribution in [3.63, 3.8) is 0 Å². The van der Waals surface area contributed by atoms with Gasteiger partial charge < -0.3 is 19.9 Å². The molecule has 1 aromatic carbocycles. The van der Waals surface area contributed by atoms with Crippen molar-refractivity contribution < 1.29 is 14.3 Å². The van der Waals surface area contributed by atoms with Crippen LogP contribution in [0.15, 0.2) is 30.3 Å². The summed E-state index contributed by atoms with van der Waals surface area (Å²) in [6.07, 6.45) is 2.47. The first-order chi connectivity index (χ1) is 13.0. The fraction of sp³-hybridized carbons (Fsp3) is 0.619. The van der Waals surface area contributed by atoms with Crippen molar-refractivity contribution in [2.45, 2.75) is 51.9 Å². The van der Waals surface area contributed by atoms with Gasteiger partial charge in [0.05, 0.1) is 12.7 Å². The minimum atomic E-state index is -0.0213. The Hall–Kier alpha value is -2.08. The maximum atomic E-state index is 12.4. The maximum absolute atomic E-state index is 12.4. The van der Waals surface area contributed by atoms with Crippen molar-refractivity contribution in [1.82, 2.24) is 15.1 Å². The van der Waals surface area contributed by atoms with Gasteiger partial charge in [-0.05, 0) is 32.3 Å². The zero-order valence-corrected chi connectivity index (χ0v) is 16.4. The molecule has 6 nitrogen and oxygen atoms in total. The number of urea groups is 1. The van der Waals surface area contributed by atoms with Gasteiger partial charge in [-0.15, -0.1) is 0 Å². The monoisotopic (exact) mass is 373 g/mol. The first kappa shape index (κ1) is 19.7. The van der Waals surface area contributed by atoms with Crippen LogP contribution in [-0.4, -0.2) is 60.1 Å². The molecule has 1 aromatic rings. The number of nitrogens with one attached hydrogen (secondary N) is 1. The molecule has 0 bridgehead atoms. The second-order valence-corrected chi connectivity index (χ2v) is 7.88. The van der Waals surface area contributed by atoms with Crippen LogP contribution in [0.4, 0.5) is 4.79 Å². The molecule has 2 aliphatic heterocycles. The number of hydrogen-bond acceptors (Lipinski definition) is 3. The van der Waals surface area contributed by atoms with Crippen molar-refractivity contribution in [2.24, 2.45) is 5.92 Å². The third-order valence-electron chi connectivity index (χ3n) is 5.46. The molecule has 0 unspecified atom stereocenters. The molecule has 2 aliphatic rings. The van der Waals surface area contributed by atoms with Crippen LogP contribution in [0.1, 0.15) is 38.7 Å². The summed E-state index contributed by atoms with van der Waals surface area (Å²) in [4.78, 5) is 28.1. The van der Waals surface area contributed by atoms with Gasteiger partial charge in [0.2, 0.25) is 5.91 Å². The largest absolute Gasteiger partial charge is 0.373 e. The van der Waals surface area contributed by atoms with Crippen LogP contribution in [0.5, 0.6) is 0 Å². The molecule has 0 spiro atoms. The molecule has 0 radical (unpaired) electrons. The molecule has 3 rings (SSSR count). The van der Waals surface area contributed by atoms with Crippen LogP contribution in [0.25, 0.3) is 0 Å². The Kier molecular flexibility index (Phi) is 6.72. The van der Waals surface area contributed by atoms with Crippen molar-refractivity contribution in [2.75, 3.05) is 26.2 Å². The van der Waals surface area contributed by atoms with Gasteiger partial charge in [0.25, 0.3) is 0 Å². The van der Waals surface area contributed by atoms with Crippen LogP contribution in [0.2, 0.25) is 0 Å². The highest BCUT2D eigenvalue weighted by molar-refractivity contribution is 5.79. The van der Waals surface area contributed by atoms with E-state index in [1.54, 1.807) is 0 Å². The number of likely N-dealkylation sites (tertiary alicyclic amines) is 2. The molecule has 2 fully saturated rings. The van der Waals surface area contributed by atoms with Gasteiger partial charge in [0.15, 0.2) is 0 Å². The lowest BCUT2D eigenvalue weighted by molar-refractivity contribution is -0.129. The lowest BCUT2D eigenvalue weighted by Gasteiger charge is -2.32. The van der Waals surface area contributed by atoms with Gasteiger partial charge in [-0.3, -0.25) is 4.79 Å². The number of amides is 3. The van der Waals surface area contributed by atoms with Crippen molar-refractivity contribution in [1.29, 1.82) is 0 Å². The van der Waals surface area contributed by atoms with Crippen LogP contribution >= 0.6 is 0 Å². The summed E-state index contributed by atoms with van der Waals surface area (Å²) >= 11 is 0. The van der Waals surface area contributed by atoms with Gasteiger partial charge in [0, 0.05) is 44.6 Å². The first-order valence-electron chi connectivity index (χ1n) is 10.0. The molecule has 2 saturated heterocycles. The summed E-state index contributed by atoms with van der Waals surface area (Å²) in [5.41, 5.74) is 1.18. The fourth-order valence-corrected chi connectivity index (χ4v) is 3.80. The minimum absolute atomic E-state index is 0.0213. The van der Waals surface area contributed by atoms with Gasteiger partial charge >= 0.3 is 6.03 Å². The highest BCUT2D eigenvalue weighted by atomic mass is 16.5. The Morgan fingerprint density at radius 2 is 1.93 bits per heavy atom. The van der Waals surface area contributed by atoms with E-state index in [0.29, 0.717) is 32.7 Å². The quantitative estimate of drug-likeness (QED) is 0.834. The number of benzene rings is 1. The van der Waals surface area contributed by atoms with Crippen LogP contribution in [-0.2, 0) is 16.1 Å². The fourth-order valence-electron chi connectivity index (χ4n) is 3.80. The predicted octanol–water partition coefficient (Wildman–Crippen LogP) is 2.63. The topological polar surface area (TPSA) is 61.9 Å². The number of carbonyl (C=O) groups excluding carboxylic acids is 2. The average Bonchev–Trinajstić information content (AvgIpc) is 3.06. The van der Waals surface area contributed by atoms with Gasteiger partial charge in [-0.2, -0.15) is 0 Å². The summed E-state index contributed by atoms with van der Waals surface area (Å²) in [7, 11) is 0. The highest BCUT2D eigenvalue weighted by Crippen LogP contribution is 2.20. The van der Waals surface area contributed by atoms with E-state index in [9.17, 15) is 9.59 Å². The van der Waals surface area contributed by atoms with Gasteiger partial charge in [0.1, 0.15) is 0 Å². The minimum Gasteiger partial charge on any atom is -0.373 e. The van der Waals surface area contributed by atoms with Crippen LogP contribution < -0.4 is 5.32 Å². The summed E-state index contributed by atoms with van der Waals surface area (Å²) in [5.74, 6) is 0.413. The first-order valence-corrected chi connectivity index (χ1v) is 10.0. The molecule has 1 N–H and O–H groups in total. The number of piperidine rings is 1. The second-order valence-electron chi connectivity index (χ2n) is 7.88. The Bertz CT molecular complexity index is 627. The van der Waals surface area contributed by atoms with E-state index in [-0.39, 0.29) is 30.0 Å². The number of nitrogens with zero attached hydrogens (tertiary/aromatic N) is 2. The van der Waals surface area contributed by atoms with Crippen LogP contribution in [0.3, 0.4) is 0 Å². The molecule has 3 amide bonds. The molecule has 1 atom stereocenters. The van der Waals surface area contributed by atoms with Crippen molar-refractivity contribution in [3.05, 3.63) is 35.9 Å². The predicted molar refractivity (Wildman–Crippen MR) is 104 cm³/mol. The second kappa shape index (κ2) is 9.22. The van der Waals surface area contributed by atoms with E-state index in [4.69, 9.17) is 4.74 Å². The van der Waals surface area contributed by atoms with E-state index in [1.807, 2.05) is 41.8 Å². The van der Waals surface area contributed by atoms with E-state index in [1.165, 1.54) is 5.56 Å². The average molecular weight is 373 g/mol. The molecule has 6 heteroatoms. The van der Waals surface area contributed by atoms with E-state index in [0.717, 1.165) is 19.4 Å². The van der Waals surface area contributed by atoms with Gasteiger partial charge in [-0.1, -0.05) is 30.3 Å². The smallest absolute Gasteiger partial charge is 0.317 e. The molecular formula is C21H31N3O3. The number of hydrogen-bond donors (Lipinski definition) is 1. The standard InChI is InChI=1S/C21H31N3O3/c1-16(2)24-14-18(12-20(24)25)13-22-21(26)23-10-8-19(9-11-23)27-15-17-6-4-3-5-7-17/h3-7,16,18-19H,8-15H2,1-2H3,(H,22,26)/t18-/m0/s1. The Morgan fingerprint density at radius 1 is 1.22 bits per heavy atom. The number of carbonyl (C=O) groups is 2. The Labute approximate surface area is 161 Å². The van der Waals surface area contributed by atoms with Crippen molar-refractivity contribution in [3.8, 4) is 0 Å². The maximum Gasteiger partial charge on any atom is 0.317 e. The van der Waals surface area contributed by atoms with E-state index < -0.39 is 0 Å². The Balaban J connectivity index is 1.34. The zero-order chi connectivity index (χ0) is 19.2. The highest BCUT2D eigenvalue weighted by Gasteiger charge is 2.31. The summed E-state index contributed by atoms with van der Waals surface area (Å²) in [5, 5.41) is 3.01. The molecule has 2 heterocycles. The lowest BCUT2D eigenvalue weighted by atomic mass is 10.1.